The molecule has 0 bridgehead atoms. The van der Waals surface area contributed by atoms with Gasteiger partial charge in [-0.3, -0.25) is 5.32 Å². The summed E-state index contributed by atoms with van der Waals surface area (Å²) in [5.74, 6) is 0.650. The minimum atomic E-state index is -4.56. The molecule has 0 spiro atoms. The Morgan fingerprint density at radius 1 is 1.14 bits per heavy atom. The monoisotopic (exact) mass is 506 g/mol. The Balaban J connectivity index is 1.29. The summed E-state index contributed by atoms with van der Waals surface area (Å²) in [6.07, 6.45) is -0.979. The Kier molecular flexibility index (Phi) is 4.92. The van der Waals surface area contributed by atoms with Gasteiger partial charge in [0, 0.05) is 11.0 Å². The van der Waals surface area contributed by atoms with Gasteiger partial charge in [0.25, 0.3) is 0 Å². The lowest BCUT2D eigenvalue weighted by Gasteiger charge is -2.45. The van der Waals surface area contributed by atoms with E-state index in [1.54, 1.807) is 36.1 Å². The van der Waals surface area contributed by atoms with Gasteiger partial charge in [-0.25, -0.2) is 19.3 Å². The molecule has 0 atom stereocenters. The first-order valence-electron chi connectivity index (χ1n) is 10.9. The maximum Gasteiger partial charge on any atom is 0.449 e. The second-order valence-electron chi connectivity index (χ2n) is 8.89. The molecule has 0 amide bonds. The number of hydrogen-bond donors (Lipinski definition) is 3. The summed E-state index contributed by atoms with van der Waals surface area (Å²) in [4.78, 5) is 17.5. The minimum Gasteiger partial charge on any atom is -0.350 e. The highest BCUT2D eigenvalue weighted by atomic mass is 32.2. The highest BCUT2D eigenvalue weighted by Crippen LogP contribution is 2.48. The number of benzene rings is 1. The Hall–Kier alpha value is -3.42. The second kappa shape index (κ2) is 7.80. The van der Waals surface area contributed by atoms with Crippen molar-refractivity contribution in [3.05, 3.63) is 36.3 Å². The molecule has 1 saturated carbocycles. The molecule has 2 fully saturated rings. The van der Waals surface area contributed by atoms with E-state index < -0.39 is 17.7 Å². The zero-order chi connectivity index (χ0) is 24.4. The van der Waals surface area contributed by atoms with Gasteiger partial charge in [-0.05, 0) is 48.7 Å². The number of imidazole rings is 1. The van der Waals surface area contributed by atoms with Gasteiger partial charge in [-0.2, -0.15) is 17.9 Å². The number of rotatable bonds is 6. The number of nitrogens with zero attached hydrogens (tertiary/aromatic N) is 6. The van der Waals surface area contributed by atoms with E-state index in [9.17, 15) is 17.6 Å². The average Bonchev–Trinajstić information content (AvgIpc) is 3.41. The number of fused-ring (bicyclic) bond motifs is 1. The highest BCUT2D eigenvalue weighted by Gasteiger charge is 2.54. The molecule has 4 heterocycles. The number of aryl methyl sites for hydroxylation is 1. The number of aromatic nitrogens is 7. The number of H-pyrrole nitrogens is 2. The van der Waals surface area contributed by atoms with Crippen LogP contribution in [0.4, 0.5) is 35.0 Å². The quantitative estimate of drug-likeness (QED) is 0.208. The second-order valence-corrected chi connectivity index (χ2v) is 9.93. The van der Waals surface area contributed by atoms with Gasteiger partial charge >= 0.3 is 12.0 Å². The molecular formula is C21H20F4N9S+. The fraction of sp³-hybridized carbons (Fsp3) is 0.381. The summed E-state index contributed by atoms with van der Waals surface area (Å²) in [5.41, 5.74) is -0.704. The van der Waals surface area contributed by atoms with Crippen LogP contribution in [-0.4, -0.2) is 49.0 Å². The van der Waals surface area contributed by atoms with Crippen molar-refractivity contribution in [2.45, 2.75) is 34.7 Å². The van der Waals surface area contributed by atoms with Gasteiger partial charge in [-0.1, -0.05) is 5.21 Å². The summed E-state index contributed by atoms with van der Waals surface area (Å²) in [6.45, 7) is 0.547. The standard InChI is InChI=1S/C21H19F4N9S/c1-33-8-16(31-32-33)28-15-7-17(34-9-20(22,10-34)11-2-3-11)30-19(29-15)35-12-4-5-13-14(6-12)27-18(26-13)21(23,24)25/h4-8,11H,2-3,9-10H2,1H3,(H2,26,27,28,29,30)/p+1. The molecule has 6 rings (SSSR count). The number of alkyl halides is 4. The molecule has 1 aliphatic carbocycles. The predicted octanol–water partition coefficient (Wildman–Crippen LogP) is 3.75. The molecule has 1 aliphatic heterocycles. The van der Waals surface area contributed by atoms with Gasteiger partial charge in [0.2, 0.25) is 5.82 Å². The summed E-state index contributed by atoms with van der Waals surface area (Å²) >= 11 is 1.19. The van der Waals surface area contributed by atoms with E-state index in [-0.39, 0.29) is 30.0 Å². The van der Waals surface area contributed by atoms with Gasteiger partial charge in [-0.15, -0.1) is 0 Å². The third-order valence-corrected chi connectivity index (χ3v) is 6.92. The van der Waals surface area contributed by atoms with Crippen molar-refractivity contribution >= 4 is 40.2 Å². The zero-order valence-electron chi connectivity index (χ0n) is 18.4. The fourth-order valence-electron chi connectivity index (χ4n) is 4.15. The molecule has 9 nitrogen and oxygen atoms in total. The van der Waals surface area contributed by atoms with Crippen LogP contribution in [0.15, 0.2) is 40.5 Å². The van der Waals surface area contributed by atoms with Crippen LogP contribution < -0.4 is 14.9 Å². The molecule has 3 aromatic heterocycles. The van der Waals surface area contributed by atoms with Crippen molar-refractivity contribution < 1.29 is 22.2 Å². The highest BCUT2D eigenvalue weighted by molar-refractivity contribution is 7.99. The van der Waals surface area contributed by atoms with E-state index in [2.05, 4.69) is 35.6 Å². The largest absolute Gasteiger partial charge is 0.449 e. The van der Waals surface area contributed by atoms with E-state index in [0.29, 0.717) is 27.5 Å². The van der Waals surface area contributed by atoms with E-state index in [0.717, 1.165) is 12.8 Å². The molecule has 3 N–H and O–H groups in total. The number of halogens is 4. The number of nitrogens with one attached hydrogen (secondary N) is 3. The van der Waals surface area contributed by atoms with Crippen molar-refractivity contribution in [2.24, 2.45) is 13.0 Å². The van der Waals surface area contributed by atoms with Crippen LogP contribution in [-0.2, 0) is 13.2 Å². The van der Waals surface area contributed by atoms with Gasteiger partial charge in [0.05, 0.1) is 29.2 Å². The van der Waals surface area contributed by atoms with Crippen LogP contribution >= 0.6 is 11.8 Å². The average molecular weight is 507 g/mol. The van der Waals surface area contributed by atoms with Crippen LogP contribution in [0.1, 0.15) is 18.7 Å². The summed E-state index contributed by atoms with van der Waals surface area (Å²) < 4.78 is 55.6. The minimum absolute atomic E-state index is 0.124. The van der Waals surface area contributed by atoms with Gasteiger partial charge < -0.3 is 9.88 Å². The molecule has 1 aromatic carbocycles. The van der Waals surface area contributed by atoms with Gasteiger partial charge in [0.1, 0.15) is 24.4 Å². The van der Waals surface area contributed by atoms with Gasteiger partial charge in [0.15, 0.2) is 11.4 Å². The molecule has 4 aromatic rings. The molecule has 182 valence electrons. The van der Waals surface area contributed by atoms with Crippen LogP contribution in [0, 0.1) is 5.92 Å². The van der Waals surface area contributed by atoms with Crippen LogP contribution in [0.5, 0.6) is 0 Å². The molecule has 35 heavy (non-hydrogen) atoms. The molecular weight excluding hydrogens is 486 g/mol. The van der Waals surface area contributed by atoms with Crippen molar-refractivity contribution in [1.29, 1.82) is 0 Å². The molecule has 2 aliphatic rings. The van der Waals surface area contributed by atoms with E-state index in [1.165, 1.54) is 17.8 Å². The lowest BCUT2D eigenvalue weighted by molar-refractivity contribution is -0.730. The Labute approximate surface area is 200 Å². The van der Waals surface area contributed by atoms with Crippen LogP contribution in [0.2, 0.25) is 0 Å². The molecule has 0 radical (unpaired) electrons. The first-order valence-corrected chi connectivity index (χ1v) is 11.7. The van der Waals surface area contributed by atoms with Crippen molar-refractivity contribution in [2.75, 3.05) is 23.3 Å². The van der Waals surface area contributed by atoms with E-state index in [1.807, 2.05) is 4.90 Å². The lowest BCUT2D eigenvalue weighted by Crippen LogP contribution is -2.60. The SMILES string of the molecule is C[n+]1cc(Nc2cc(N3CC(F)(C4CC4)C3)nc(Sc3ccc4nc(C(F)(F)F)[nH]c4c3)n2)n[nH]1. The maximum absolute atomic E-state index is 14.9. The van der Waals surface area contributed by atoms with E-state index >= 15 is 0 Å². The summed E-state index contributed by atoms with van der Waals surface area (Å²) in [7, 11) is 1.79. The lowest BCUT2D eigenvalue weighted by atomic mass is 9.91. The normalized spacial score (nSPS) is 17.6. The third kappa shape index (κ3) is 4.37. The predicted molar refractivity (Wildman–Crippen MR) is 119 cm³/mol. The first-order chi connectivity index (χ1) is 16.6. The first kappa shape index (κ1) is 22.1. The number of aromatic amines is 2. The molecule has 0 unspecified atom stereocenters. The smallest absolute Gasteiger partial charge is 0.350 e. The number of hydrogen-bond acceptors (Lipinski definition) is 7. The third-order valence-electron chi connectivity index (χ3n) is 6.06. The van der Waals surface area contributed by atoms with Crippen molar-refractivity contribution in [1.82, 2.24) is 30.2 Å². The van der Waals surface area contributed by atoms with Crippen molar-refractivity contribution in [3.63, 3.8) is 0 Å². The fourth-order valence-corrected chi connectivity index (χ4v) is 4.96. The van der Waals surface area contributed by atoms with E-state index in [4.69, 9.17) is 0 Å². The van der Waals surface area contributed by atoms with Crippen molar-refractivity contribution in [3.8, 4) is 0 Å². The molecule has 14 heteroatoms. The van der Waals surface area contributed by atoms with Crippen LogP contribution in [0.3, 0.4) is 0 Å². The zero-order valence-corrected chi connectivity index (χ0v) is 19.2. The Morgan fingerprint density at radius 3 is 2.63 bits per heavy atom. The topological polar surface area (TPSA) is 102 Å². The summed E-state index contributed by atoms with van der Waals surface area (Å²) in [6, 6.07) is 6.48. The Bertz CT molecular complexity index is 1410. The summed E-state index contributed by atoms with van der Waals surface area (Å²) in [5, 5.41) is 10.4. The maximum atomic E-state index is 14.9. The Morgan fingerprint density at radius 2 is 1.94 bits per heavy atom. The van der Waals surface area contributed by atoms with Crippen LogP contribution in [0.25, 0.3) is 11.0 Å². The number of anilines is 3. The molecule has 1 saturated heterocycles.